The molecule has 4 aliphatic carbocycles. The predicted molar refractivity (Wildman–Crippen MR) is 142 cm³/mol. The first-order valence-electron chi connectivity index (χ1n) is 15.9. The summed E-state index contributed by atoms with van der Waals surface area (Å²) in [5, 5.41) is 0. The van der Waals surface area contributed by atoms with Crippen molar-refractivity contribution < 1.29 is 13.2 Å². The summed E-state index contributed by atoms with van der Waals surface area (Å²) in [5.41, 5.74) is 0. The molecule has 0 amide bonds. The Hall–Kier alpha value is -0.210. The Balaban J connectivity index is 1.14. The minimum atomic E-state index is -1.24. The fourth-order valence-electron chi connectivity index (χ4n) is 8.73. The topological polar surface area (TPSA) is 0 Å². The zero-order valence-electron chi connectivity index (χ0n) is 22.9. The molecule has 0 bridgehead atoms. The largest absolute Gasteiger partial charge is 0.247 e. The maximum absolute atomic E-state index is 15.3. The summed E-state index contributed by atoms with van der Waals surface area (Å²) in [5.74, 6) is 3.40. The van der Waals surface area contributed by atoms with Crippen LogP contribution in [0.4, 0.5) is 13.2 Å². The Kier molecular flexibility index (Phi) is 10.8. The molecule has 7 atom stereocenters. The quantitative estimate of drug-likeness (QED) is 0.278. The van der Waals surface area contributed by atoms with Crippen LogP contribution in [0.25, 0.3) is 0 Å². The average molecular weight is 497 g/mol. The minimum Gasteiger partial charge on any atom is -0.247 e. The molecule has 204 valence electrons. The van der Waals surface area contributed by atoms with Gasteiger partial charge in [-0.3, -0.25) is 0 Å². The second-order valence-corrected chi connectivity index (χ2v) is 13.6. The highest BCUT2D eigenvalue weighted by Crippen LogP contribution is 2.47. The van der Waals surface area contributed by atoms with Gasteiger partial charge in [0.05, 0.1) is 0 Å². The Morgan fingerprint density at radius 3 is 1.86 bits per heavy atom. The summed E-state index contributed by atoms with van der Waals surface area (Å²) < 4.78 is 44.8. The van der Waals surface area contributed by atoms with Gasteiger partial charge in [0.15, 0.2) is 0 Å². The van der Waals surface area contributed by atoms with E-state index in [1.807, 2.05) is 0 Å². The van der Waals surface area contributed by atoms with Crippen molar-refractivity contribution >= 4 is 0 Å². The van der Waals surface area contributed by atoms with E-state index in [9.17, 15) is 4.39 Å². The van der Waals surface area contributed by atoms with Gasteiger partial charge in [0.2, 0.25) is 0 Å². The van der Waals surface area contributed by atoms with Crippen LogP contribution in [0.2, 0.25) is 0 Å². The van der Waals surface area contributed by atoms with E-state index in [2.05, 4.69) is 13.8 Å². The van der Waals surface area contributed by atoms with Crippen LogP contribution in [0.3, 0.4) is 0 Å². The zero-order valence-corrected chi connectivity index (χ0v) is 22.9. The van der Waals surface area contributed by atoms with Crippen LogP contribution in [0.1, 0.15) is 136 Å². The third kappa shape index (κ3) is 7.43. The average Bonchev–Trinajstić information content (AvgIpc) is 2.88. The second kappa shape index (κ2) is 13.5. The highest BCUT2D eigenvalue weighted by Gasteiger charge is 2.44. The number of alkyl halides is 3. The lowest BCUT2D eigenvalue weighted by Crippen LogP contribution is -2.42. The third-order valence-corrected chi connectivity index (χ3v) is 11.4. The van der Waals surface area contributed by atoms with Crippen molar-refractivity contribution in [1.29, 1.82) is 0 Å². The summed E-state index contributed by atoms with van der Waals surface area (Å²) in [6.45, 7) is 4.32. The van der Waals surface area contributed by atoms with E-state index in [0.29, 0.717) is 23.7 Å². The van der Waals surface area contributed by atoms with Crippen molar-refractivity contribution in [1.82, 2.24) is 0 Å². The molecule has 4 fully saturated rings. The molecular formula is C32H55F3. The van der Waals surface area contributed by atoms with Crippen molar-refractivity contribution in [3.63, 3.8) is 0 Å². The molecule has 0 aromatic heterocycles. The molecule has 0 aromatic rings. The van der Waals surface area contributed by atoms with Crippen LogP contribution in [0.15, 0.2) is 0 Å². The standard InChI is InChI=1S/C32H55F3/c1-3-4-5-6-23-10-16-26(17-11-23)29-20-19-27(31(34)32(29)35)18-12-24-8-14-25(15-9-24)28-13-7-22(2)30(33)21-28/h22-32H,3-21H2,1-2H3/t22?,23?,24?,25?,26?,27-,28?,29?,30?,31?,32?/m0/s1. The molecule has 0 nitrogen and oxygen atoms in total. The van der Waals surface area contributed by atoms with E-state index >= 15 is 8.78 Å². The molecular weight excluding hydrogens is 441 g/mol. The molecule has 6 unspecified atom stereocenters. The van der Waals surface area contributed by atoms with E-state index in [0.717, 1.165) is 57.3 Å². The number of hydrogen-bond acceptors (Lipinski definition) is 0. The Morgan fingerprint density at radius 1 is 0.571 bits per heavy atom. The SMILES string of the molecule is CCCCCC1CCC(C2CC[C@H](CCC3CCC(C4CCC(C)C(F)C4)CC3)C(F)C2F)CC1. The molecule has 0 heterocycles. The van der Waals surface area contributed by atoms with Crippen LogP contribution in [0.5, 0.6) is 0 Å². The Bertz CT molecular complexity index is 592. The highest BCUT2D eigenvalue weighted by atomic mass is 19.2. The van der Waals surface area contributed by atoms with Gasteiger partial charge in [-0.05, 0) is 112 Å². The monoisotopic (exact) mass is 496 g/mol. The molecule has 35 heavy (non-hydrogen) atoms. The number of hydrogen-bond donors (Lipinski definition) is 0. The lowest BCUT2D eigenvalue weighted by atomic mass is 9.66. The first-order valence-corrected chi connectivity index (χ1v) is 15.9. The lowest BCUT2D eigenvalue weighted by molar-refractivity contribution is -0.0164. The molecule has 0 saturated heterocycles. The summed E-state index contributed by atoms with van der Waals surface area (Å²) in [6, 6.07) is 0. The van der Waals surface area contributed by atoms with Crippen LogP contribution >= 0.6 is 0 Å². The summed E-state index contributed by atoms with van der Waals surface area (Å²) >= 11 is 0. The number of halogens is 3. The third-order valence-electron chi connectivity index (χ3n) is 11.4. The molecule has 4 aliphatic rings. The molecule has 0 aromatic carbocycles. The molecule has 0 spiro atoms. The molecule has 0 aliphatic heterocycles. The van der Waals surface area contributed by atoms with Gasteiger partial charge in [0.25, 0.3) is 0 Å². The van der Waals surface area contributed by atoms with Gasteiger partial charge in [-0.15, -0.1) is 0 Å². The van der Waals surface area contributed by atoms with Crippen molar-refractivity contribution in [3.05, 3.63) is 0 Å². The first-order chi connectivity index (χ1) is 17.0. The van der Waals surface area contributed by atoms with Crippen LogP contribution in [0, 0.1) is 47.3 Å². The Labute approximate surface area is 215 Å². The van der Waals surface area contributed by atoms with Crippen molar-refractivity contribution in [2.24, 2.45) is 47.3 Å². The van der Waals surface area contributed by atoms with E-state index in [1.165, 1.54) is 70.6 Å². The van der Waals surface area contributed by atoms with Gasteiger partial charge in [0, 0.05) is 0 Å². The van der Waals surface area contributed by atoms with Gasteiger partial charge in [0.1, 0.15) is 18.5 Å². The molecule has 0 radical (unpaired) electrons. The summed E-state index contributed by atoms with van der Waals surface area (Å²) in [6.07, 6.45) is 18.7. The number of unbranched alkanes of at least 4 members (excludes halogenated alkanes) is 2. The molecule has 3 heteroatoms. The fourth-order valence-corrected chi connectivity index (χ4v) is 8.73. The van der Waals surface area contributed by atoms with Crippen LogP contribution in [-0.4, -0.2) is 18.5 Å². The second-order valence-electron chi connectivity index (χ2n) is 13.6. The van der Waals surface area contributed by atoms with Crippen LogP contribution < -0.4 is 0 Å². The first kappa shape index (κ1) is 27.8. The van der Waals surface area contributed by atoms with Gasteiger partial charge in [-0.2, -0.15) is 0 Å². The van der Waals surface area contributed by atoms with Gasteiger partial charge in [-0.25, -0.2) is 13.2 Å². The van der Waals surface area contributed by atoms with Crippen LogP contribution in [-0.2, 0) is 0 Å². The summed E-state index contributed by atoms with van der Waals surface area (Å²) in [7, 11) is 0. The van der Waals surface area contributed by atoms with E-state index < -0.39 is 18.5 Å². The van der Waals surface area contributed by atoms with Gasteiger partial charge < -0.3 is 0 Å². The smallest absolute Gasteiger partial charge is 0.134 e. The number of rotatable bonds is 9. The minimum absolute atomic E-state index is 0.0224. The van der Waals surface area contributed by atoms with E-state index in [4.69, 9.17) is 0 Å². The molecule has 0 N–H and O–H groups in total. The highest BCUT2D eigenvalue weighted by molar-refractivity contribution is 4.93. The maximum Gasteiger partial charge on any atom is 0.134 e. The van der Waals surface area contributed by atoms with Crippen molar-refractivity contribution in [2.45, 2.75) is 154 Å². The van der Waals surface area contributed by atoms with Gasteiger partial charge in [-0.1, -0.05) is 71.6 Å². The maximum atomic E-state index is 15.3. The predicted octanol–water partition coefficient (Wildman–Crippen LogP) is 10.4. The lowest BCUT2D eigenvalue weighted by Gasteiger charge is -2.42. The normalized spacial score (nSPS) is 45.3. The zero-order chi connectivity index (χ0) is 24.8. The van der Waals surface area contributed by atoms with Crippen molar-refractivity contribution in [3.8, 4) is 0 Å². The molecule has 4 rings (SSSR count). The molecule has 4 saturated carbocycles. The van der Waals surface area contributed by atoms with Crippen molar-refractivity contribution in [2.75, 3.05) is 0 Å². The fraction of sp³-hybridized carbons (Fsp3) is 1.00. The van der Waals surface area contributed by atoms with E-state index in [1.54, 1.807) is 0 Å². The van der Waals surface area contributed by atoms with E-state index in [-0.39, 0.29) is 17.8 Å². The van der Waals surface area contributed by atoms with Gasteiger partial charge >= 0.3 is 0 Å². The Morgan fingerprint density at radius 2 is 1.20 bits per heavy atom. The summed E-state index contributed by atoms with van der Waals surface area (Å²) in [4.78, 5) is 0.